The van der Waals surface area contributed by atoms with Crippen molar-refractivity contribution in [2.45, 2.75) is 6.92 Å². The minimum absolute atomic E-state index is 1.00. The van der Waals surface area contributed by atoms with Crippen LogP contribution in [0, 0.1) is 13.1 Å². The Labute approximate surface area is 65.5 Å². The zero-order chi connectivity index (χ0) is 7.84. The Hall–Kier alpha value is -1.31. The molecule has 0 bridgehead atoms. The van der Waals surface area contributed by atoms with Gasteiger partial charge in [0, 0.05) is 18.6 Å². The number of nitrogens with zero attached hydrogens (tertiary/aromatic N) is 2. The number of pyridine rings is 1. The van der Waals surface area contributed by atoms with Gasteiger partial charge in [-0.25, -0.2) is 4.98 Å². The molecule has 0 aliphatic rings. The number of aromatic nitrogens is 2. The van der Waals surface area contributed by atoms with Crippen LogP contribution in [0.5, 0.6) is 0 Å². The largest absolute Gasteiger partial charge is 0.336 e. The van der Waals surface area contributed by atoms with Gasteiger partial charge in [0.2, 0.25) is 0 Å². The number of hydrogen-bond donors (Lipinski definition) is 0. The summed E-state index contributed by atoms with van der Waals surface area (Å²) in [6.07, 6.45) is 4.87. The van der Waals surface area contributed by atoms with Gasteiger partial charge in [0.1, 0.15) is 5.65 Å². The van der Waals surface area contributed by atoms with E-state index in [1.807, 2.05) is 23.9 Å². The van der Waals surface area contributed by atoms with Crippen LogP contribution in [-0.2, 0) is 7.05 Å². The van der Waals surface area contributed by atoms with Gasteiger partial charge in [0.15, 0.2) is 0 Å². The minimum atomic E-state index is 1.00. The average molecular weight is 145 g/mol. The molecule has 0 saturated carbocycles. The molecule has 0 amide bonds. The van der Waals surface area contributed by atoms with E-state index in [2.05, 4.69) is 24.2 Å². The summed E-state index contributed by atoms with van der Waals surface area (Å²) < 4.78 is 2.00. The molecular weight excluding hydrogens is 136 g/mol. The van der Waals surface area contributed by atoms with Gasteiger partial charge in [-0.3, -0.25) is 0 Å². The van der Waals surface area contributed by atoms with E-state index in [1.165, 1.54) is 10.9 Å². The molecule has 1 radical (unpaired) electrons. The lowest BCUT2D eigenvalue weighted by Crippen LogP contribution is -1.87. The Morgan fingerprint density at radius 3 is 3.09 bits per heavy atom. The fraction of sp³-hybridized carbons (Fsp3) is 0.222. The molecule has 0 atom stereocenters. The van der Waals surface area contributed by atoms with Gasteiger partial charge in [0.25, 0.3) is 0 Å². The van der Waals surface area contributed by atoms with Gasteiger partial charge in [-0.1, -0.05) is 0 Å². The normalized spacial score (nSPS) is 10.7. The number of fused-ring (bicyclic) bond motifs is 1. The summed E-state index contributed by atoms with van der Waals surface area (Å²) in [7, 11) is 1.99. The van der Waals surface area contributed by atoms with Crippen molar-refractivity contribution in [2.75, 3.05) is 0 Å². The summed E-state index contributed by atoms with van der Waals surface area (Å²) in [6, 6.07) is 3.98. The maximum absolute atomic E-state index is 4.14. The molecule has 0 N–H and O–H groups in total. The Balaban J connectivity index is 2.94. The molecule has 0 aliphatic heterocycles. The summed E-state index contributed by atoms with van der Waals surface area (Å²) in [5.74, 6) is 0. The first-order valence-corrected chi connectivity index (χ1v) is 3.58. The number of aryl methyl sites for hydroxylation is 2. The summed E-state index contributed by atoms with van der Waals surface area (Å²) in [4.78, 5) is 4.14. The van der Waals surface area contributed by atoms with Crippen molar-refractivity contribution in [3.63, 3.8) is 0 Å². The summed E-state index contributed by atoms with van der Waals surface area (Å²) in [5, 5.41) is 1.21. The van der Waals surface area contributed by atoms with Gasteiger partial charge >= 0.3 is 0 Å². The van der Waals surface area contributed by atoms with Crippen LogP contribution in [0.3, 0.4) is 0 Å². The average Bonchev–Trinajstić information content (AvgIpc) is 2.35. The van der Waals surface area contributed by atoms with E-state index in [9.17, 15) is 0 Å². The first kappa shape index (κ1) is 6.40. The van der Waals surface area contributed by atoms with Crippen LogP contribution in [0.15, 0.2) is 18.3 Å². The topological polar surface area (TPSA) is 17.8 Å². The third-order valence-corrected chi connectivity index (χ3v) is 1.92. The molecule has 2 nitrogen and oxygen atoms in total. The highest BCUT2D eigenvalue weighted by Gasteiger charge is 1.99. The van der Waals surface area contributed by atoms with Crippen LogP contribution < -0.4 is 0 Å². The fourth-order valence-electron chi connectivity index (χ4n) is 1.24. The Morgan fingerprint density at radius 2 is 2.36 bits per heavy atom. The van der Waals surface area contributed by atoms with E-state index >= 15 is 0 Å². The molecule has 2 aromatic heterocycles. The highest BCUT2D eigenvalue weighted by atomic mass is 15.0. The third-order valence-electron chi connectivity index (χ3n) is 1.92. The summed E-state index contributed by atoms with van der Waals surface area (Å²) >= 11 is 0. The van der Waals surface area contributed by atoms with Gasteiger partial charge in [-0.2, -0.15) is 0 Å². The highest BCUT2D eigenvalue weighted by Crippen LogP contribution is 2.14. The number of hydrogen-bond acceptors (Lipinski definition) is 1. The standard InChI is InChI=1S/C9H9N2/c1-7-3-5-10-9-8(7)4-6-11(9)2/h3-4,6H,1-2H3. The van der Waals surface area contributed by atoms with Crippen LogP contribution >= 0.6 is 0 Å². The Kier molecular flexibility index (Phi) is 1.22. The molecule has 2 rings (SSSR count). The first-order valence-electron chi connectivity index (χ1n) is 3.58. The molecule has 0 spiro atoms. The van der Waals surface area contributed by atoms with Crippen molar-refractivity contribution in [1.82, 2.24) is 9.55 Å². The molecule has 2 aromatic rings. The van der Waals surface area contributed by atoms with Crippen LogP contribution in [0.2, 0.25) is 0 Å². The maximum atomic E-state index is 4.14. The Morgan fingerprint density at radius 1 is 1.55 bits per heavy atom. The molecule has 0 saturated heterocycles. The monoisotopic (exact) mass is 145 g/mol. The fourth-order valence-corrected chi connectivity index (χ4v) is 1.24. The second kappa shape index (κ2) is 2.09. The first-order chi connectivity index (χ1) is 5.29. The van der Waals surface area contributed by atoms with Crippen molar-refractivity contribution >= 4 is 11.0 Å². The highest BCUT2D eigenvalue weighted by molar-refractivity contribution is 5.79. The van der Waals surface area contributed by atoms with Crippen molar-refractivity contribution in [3.05, 3.63) is 30.1 Å². The van der Waals surface area contributed by atoms with Crippen molar-refractivity contribution in [2.24, 2.45) is 7.05 Å². The summed E-state index contributed by atoms with van der Waals surface area (Å²) in [6.45, 7) is 2.07. The molecule has 11 heavy (non-hydrogen) atoms. The molecule has 2 heterocycles. The van der Waals surface area contributed by atoms with Crippen molar-refractivity contribution in [1.29, 1.82) is 0 Å². The molecule has 0 unspecified atom stereocenters. The van der Waals surface area contributed by atoms with E-state index in [1.54, 1.807) is 0 Å². The molecular formula is C9H9N2. The SMILES string of the molecule is Cc1c[c]nc2c1ccn2C. The Bertz CT molecular complexity index is 387. The van der Waals surface area contributed by atoms with Gasteiger partial charge in [-0.15, -0.1) is 0 Å². The van der Waals surface area contributed by atoms with Crippen molar-refractivity contribution in [3.8, 4) is 0 Å². The quantitative estimate of drug-likeness (QED) is 0.551. The third kappa shape index (κ3) is 0.827. The zero-order valence-corrected chi connectivity index (χ0v) is 6.63. The minimum Gasteiger partial charge on any atom is -0.336 e. The molecule has 0 aliphatic carbocycles. The van der Waals surface area contributed by atoms with E-state index in [0.29, 0.717) is 0 Å². The second-order valence-electron chi connectivity index (χ2n) is 2.73. The van der Waals surface area contributed by atoms with Gasteiger partial charge in [0.05, 0.1) is 6.20 Å². The molecule has 55 valence electrons. The van der Waals surface area contributed by atoms with E-state index in [-0.39, 0.29) is 0 Å². The van der Waals surface area contributed by atoms with Crippen molar-refractivity contribution < 1.29 is 0 Å². The van der Waals surface area contributed by atoms with Gasteiger partial charge < -0.3 is 4.57 Å². The lowest BCUT2D eigenvalue weighted by molar-refractivity contribution is 0.947. The number of rotatable bonds is 0. The second-order valence-corrected chi connectivity index (χ2v) is 2.73. The van der Waals surface area contributed by atoms with Crippen LogP contribution in [-0.4, -0.2) is 9.55 Å². The van der Waals surface area contributed by atoms with Crippen LogP contribution in [0.4, 0.5) is 0 Å². The van der Waals surface area contributed by atoms with Crippen LogP contribution in [0.1, 0.15) is 5.56 Å². The van der Waals surface area contributed by atoms with Crippen LogP contribution in [0.25, 0.3) is 11.0 Å². The lowest BCUT2D eigenvalue weighted by atomic mass is 10.2. The molecule has 2 heteroatoms. The van der Waals surface area contributed by atoms with E-state index in [4.69, 9.17) is 0 Å². The van der Waals surface area contributed by atoms with E-state index < -0.39 is 0 Å². The van der Waals surface area contributed by atoms with Gasteiger partial charge in [-0.05, 0) is 24.6 Å². The zero-order valence-electron chi connectivity index (χ0n) is 6.63. The predicted octanol–water partition coefficient (Wildman–Crippen LogP) is 1.68. The maximum Gasteiger partial charge on any atom is 0.140 e. The smallest absolute Gasteiger partial charge is 0.140 e. The predicted molar refractivity (Wildman–Crippen MR) is 44.3 cm³/mol. The molecule has 0 fully saturated rings. The lowest BCUT2D eigenvalue weighted by Gasteiger charge is -1.95. The summed E-state index contributed by atoms with van der Waals surface area (Å²) in [5.41, 5.74) is 2.24. The molecule has 0 aromatic carbocycles. The van der Waals surface area contributed by atoms with E-state index in [0.717, 1.165) is 5.65 Å².